The van der Waals surface area contributed by atoms with Crippen LogP contribution in [0.2, 0.25) is 0 Å². The van der Waals surface area contributed by atoms with Crippen molar-refractivity contribution in [2.75, 3.05) is 6.67 Å². The topological polar surface area (TPSA) is 12.4 Å². The van der Waals surface area contributed by atoms with E-state index in [2.05, 4.69) is 22.4 Å². The molecular weight excluding hydrogens is 160 g/mol. The molecule has 3 heteroatoms. The molecule has 11 heavy (non-hydrogen) atoms. The summed E-state index contributed by atoms with van der Waals surface area (Å²) in [5.74, 6) is 0.284. The molecule has 0 aromatic rings. The Morgan fingerprint density at radius 3 is 2.45 bits per heavy atom. The summed E-state index contributed by atoms with van der Waals surface area (Å²) in [7, 11) is 0. The van der Waals surface area contributed by atoms with Gasteiger partial charge in [0, 0.05) is 0 Å². The molecular formula is C8H12FNS. The summed E-state index contributed by atoms with van der Waals surface area (Å²) >= 11 is 4.50. The highest BCUT2D eigenvalue weighted by atomic mass is 32.1. The minimum absolute atomic E-state index is 0.173. The summed E-state index contributed by atoms with van der Waals surface area (Å²) in [6.07, 6.45) is 3.89. The molecule has 0 bridgehead atoms. The van der Waals surface area contributed by atoms with Crippen LogP contribution in [0.3, 0.4) is 0 Å². The van der Waals surface area contributed by atoms with Crippen LogP contribution in [0, 0.1) is 5.92 Å². The molecule has 1 fully saturated rings. The molecule has 1 aliphatic carbocycles. The van der Waals surface area contributed by atoms with Crippen LogP contribution < -0.4 is 0 Å². The molecule has 0 radical (unpaired) electrons. The summed E-state index contributed by atoms with van der Waals surface area (Å²) in [5.41, 5.74) is 0. The summed E-state index contributed by atoms with van der Waals surface area (Å²) in [5, 5.41) is 2.38. The molecule has 0 heterocycles. The minimum atomic E-state index is -0.173. The zero-order chi connectivity index (χ0) is 8.10. The van der Waals surface area contributed by atoms with Gasteiger partial charge in [-0.1, -0.05) is 0 Å². The number of nitrogens with zero attached hydrogens (tertiary/aromatic N) is 1. The maximum Gasteiger partial charge on any atom is 0.0922 e. The van der Waals surface area contributed by atoms with E-state index >= 15 is 0 Å². The first kappa shape index (κ1) is 8.82. The third kappa shape index (κ3) is 2.68. The van der Waals surface area contributed by atoms with Gasteiger partial charge >= 0.3 is 0 Å². The van der Waals surface area contributed by atoms with Crippen LogP contribution in [-0.4, -0.2) is 17.9 Å². The lowest BCUT2D eigenvalue weighted by Gasteiger charge is -2.22. The Kier molecular flexibility index (Phi) is 3.67. The van der Waals surface area contributed by atoms with Crippen molar-refractivity contribution < 1.29 is 4.39 Å². The van der Waals surface area contributed by atoms with Crippen LogP contribution in [0.5, 0.6) is 0 Å². The number of alkyl halides is 1. The van der Waals surface area contributed by atoms with Gasteiger partial charge in [0.15, 0.2) is 0 Å². The quantitative estimate of drug-likeness (QED) is 0.460. The van der Waals surface area contributed by atoms with Crippen LogP contribution in [0.25, 0.3) is 0 Å². The summed E-state index contributed by atoms with van der Waals surface area (Å²) in [6, 6.07) is 0.329. The number of isothiocyanates is 1. The molecule has 62 valence electrons. The predicted molar refractivity (Wildman–Crippen MR) is 46.7 cm³/mol. The Labute approximate surface area is 71.7 Å². The molecule has 0 aromatic heterocycles. The maximum atomic E-state index is 12.1. The van der Waals surface area contributed by atoms with Crippen LogP contribution >= 0.6 is 12.2 Å². The van der Waals surface area contributed by atoms with Crippen molar-refractivity contribution in [3.63, 3.8) is 0 Å². The fraction of sp³-hybridized carbons (Fsp3) is 0.875. The highest BCUT2D eigenvalue weighted by molar-refractivity contribution is 7.78. The van der Waals surface area contributed by atoms with E-state index in [4.69, 9.17) is 0 Å². The first-order chi connectivity index (χ1) is 5.36. The highest BCUT2D eigenvalue weighted by Crippen LogP contribution is 2.25. The van der Waals surface area contributed by atoms with Crippen LogP contribution in [0.1, 0.15) is 25.7 Å². The molecule has 0 amide bonds. The van der Waals surface area contributed by atoms with E-state index in [1.165, 1.54) is 0 Å². The van der Waals surface area contributed by atoms with Gasteiger partial charge < -0.3 is 0 Å². The summed E-state index contributed by atoms with van der Waals surface area (Å²) in [4.78, 5) is 3.99. The Morgan fingerprint density at radius 1 is 1.36 bits per heavy atom. The standard InChI is InChI=1S/C8H12FNS/c9-5-7-1-3-8(4-2-7)10-6-11/h7-8H,1-5H2/i9-1. The van der Waals surface area contributed by atoms with Crippen molar-refractivity contribution in [3.8, 4) is 0 Å². The van der Waals surface area contributed by atoms with E-state index in [0.717, 1.165) is 25.7 Å². The lowest BCUT2D eigenvalue weighted by molar-refractivity contribution is 0.265. The Hall–Kier alpha value is -0.270. The smallest absolute Gasteiger partial charge is 0.0922 e. The Balaban J connectivity index is 2.29. The fourth-order valence-electron chi connectivity index (χ4n) is 1.50. The number of thiocarbonyl (C=S) groups is 1. The molecule has 1 saturated carbocycles. The van der Waals surface area contributed by atoms with Gasteiger partial charge in [0.25, 0.3) is 0 Å². The van der Waals surface area contributed by atoms with Crippen molar-refractivity contribution in [1.29, 1.82) is 0 Å². The lowest BCUT2D eigenvalue weighted by atomic mass is 9.87. The average molecular weight is 172 g/mol. The van der Waals surface area contributed by atoms with Crippen LogP contribution in [0.15, 0.2) is 4.99 Å². The van der Waals surface area contributed by atoms with Crippen molar-refractivity contribution in [2.45, 2.75) is 31.7 Å². The van der Waals surface area contributed by atoms with E-state index < -0.39 is 0 Å². The van der Waals surface area contributed by atoms with Gasteiger partial charge in [0.1, 0.15) is 0 Å². The Morgan fingerprint density at radius 2 is 2.00 bits per heavy atom. The molecule has 0 atom stereocenters. The molecule has 0 N–H and O–H groups in total. The number of hydrogen-bond donors (Lipinski definition) is 0. The molecule has 0 saturated heterocycles. The van der Waals surface area contributed by atoms with Crippen molar-refractivity contribution >= 4 is 17.4 Å². The first-order valence-corrected chi connectivity index (χ1v) is 4.40. The largest absolute Gasteiger partial charge is 0.251 e. The van der Waals surface area contributed by atoms with Crippen LogP contribution in [-0.2, 0) is 0 Å². The van der Waals surface area contributed by atoms with Crippen LogP contribution in [0.4, 0.5) is 4.39 Å². The second kappa shape index (κ2) is 4.58. The molecule has 0 aliphatic heterocycles. The number of aliphatic imine (C=N–C) groups is 1. The highest BCUT2D eigenvalue weighted by Gasteiger charge is 2.19. The fourth-order valence-corrected chi connectivity index (χ4v) is 1.65. The molecule has 0 spiro atoms. The van der Waals surface area contributed by atoms with E-state index in [1.807, 2.05) is 0 Å². The summed E-state index contributed by atoms with van der Waals surface area (Å²) in [6.45, 7) is -0.173. The van der Waals surface area contributed by atoms with Gasteiger partial charge in [-0.2, -0.15) is 0 Å². The van der Waals surface area contributed by atoms with E-state index in [0.29, 0.717) is 6.04 Å². The monoisotopic (exact) mass is 172 g/mol. The molecule has 1 aliphatic rings. The van der Waals surface area contributed by atoms with Gasteiger partial charge in [0.2, 0.25) is 0 Å². The lowest BCUT2D eigenvalue weighted by Crippen LogP contribution is -2.17. The second-order valence-corrected chi connectivity index (χ2v) is 3.23. The predicted octanol–water partition coefficient (Wildman–Crippen LogP) is 2.62. The van der Waals surface area contributed by atoms with Gasteiger partial charge in [-0.05, 0) is 43.8 Å². The van der Waals surface area contributed by atoms with Gasteiger partial charge in [-0.25, -0.2) is 4.99 Å². The number of rotatable bonds is 2. The molecule has 0 unspecified atom stereocenters. The molecule has 0 aromatic carbocycles. The normalized spacial score (nSPS) is 31.0. The SMILES string of the molecule is [18F]CC1CCC(N=C=S)CC1. The van der Waals surface area contributed by atoms with Crippen molar-refractivity contribution in [2.24, 2.45) is 10.9 Å². The van der Waals surface area contributed by atoms with E-state index in [1.54, 1.807) is 0 Å². The van der Waals surface area contributed by atoms with E-state index in [9.17, 15) is 4.39 Å². The molecule has 1 rings (SSSR count). The zero-order valence-corrected chi connectivity index (χ0v) is 7.24. The first-order valence-electron chi connectivity index (χ1n) is 3.99. The minimum Gasteiger partial charge on any atom is -0.251 e. The van der Waals surface area contributed by atoms with E-state index in [-0.39, 0.29) is 12.6 Å². The summed E-state index contributed by atoms with van der Waals surface area (Å²) < 4.78 is 12.1. The van der Waals surface area contributed by atoms with Gasteiger partial charge in [0.05, 0.1) is 17.9 Å². The second-order valence-electron chi connectivity index (χ2n) is 3.05. The van der Waals surface area contributed by atoms with Gasteiger partial charge in [-0.15, -0.1) is 0 Å². The average Bonchev–Trinajstić information content (AvgIpc) is 2.07. The maximum absolute atomic E-state index is 12.1. The van der Waals surface area contributed by atoms with Crippen molar-refractivity contribution in [3.05, 3.63) is 0 Å². The third-order valence-electron chi connectivity index (χ3n) is 2.27. The zero-order valence-electron chi connectivity index (χ0n) is 6.42. The Bertz CT molecular complexity index is 157. The van der Waals surface area contributed by atoms with Crippen molar-refractivity contribution in [1.82, 2.24) is 0 Å². The number of hydrogen-bond acceptors (Lipinski definition) is 2. The number of halogens is 1. The third-order valence-corrected chi connectivity index (χ3v) is 2.38. The molecule has 1 nitrogen and oxygen atoms in total. The van der Waals surface area contributed by atoms with Gasteiger partial charge in [-0.3, -0.25) is 4.39 Å².